The molecule has 2 aromatic carbocycles. The Labute approximate surface area is 140 Å². The second kappa shape index (κ2) is 7.56. The minimum absolute atomic E-state index is 0.0712. The van der Waals surface area contributed by atoms with E-state index in [4.69, 9.17) is 0 Å². The third-order valence-corrected chi connectivity index (χ3v) is 4.31. The van der Waals surface area contributed by atoms with Gasteiger partial charge >= 0.3 is 0 Å². The van der Waals surface area contributed by atoms with E-state index in [9.17, 15) is 18.0 Å². The number of carbonyl (C=O) groups excluding carboxylic acids is 2. The first kappa shape index (κ1) is 17.4. The van der Waals surface area contributed by atoms with Crippen molar-refractivity contribution in [2.75, 3.05) is 5.32 Å². The van der Waals surface area contributed by atoms with Gasteiger partial charge < -0.3 is 5.32 Å². The highest BCUT2D eigenvalue weighted by atomic mass is 32.2. The van der Waals surface area contributed by atoms with Gasteiger partial charge in [-0.1, -0.05) is 30.3 Å². The molecule has 2 amide bonds. The molecule has 6 nitrogen and oxygen atoms in total. The number of hydrogen-bond acceptors (Lipinski definition) is 4. The van der Waals surface area contributed by atoms with Gasteiger partial charge in [-0.2, -0.15) is 0 Å². The molecule has 124 valence electrons. The molecule has 0 radical (unpaired) electrons. The fourth-order valence-electron chi connectivity index (χ4n) is 1.88. The molecule has 2 rings (SSSR count). The molecule has 0 spiro atoms. The molecular formula is C17H16N2O4S. The van der Waals surface area contributed by atoms with Crippen molar-refractivity contribution in [3.05, 3.63) is 66.2 Å². The van der Waals surface area contributed by atoms with Gasteiger partial charge in [0, 0.05) is 18.7 Å². The van der Waals surface area contributed by atoms with E-state index in [1.807, 2.05) is 22.9 Å². The second-order valence-corrected chi connectivity index (χ2v) is 6.60. The summed E-state index contributed by atoms with van der Waals surface area (Å²) in [6.45, 7) is 1.35. The van der Waals surface area contributed by atoms with Crippen LogP contribution in [-0.2, 0) is 19.6 Å². The third-order valence-electron chi connectivity index (χ3n) is 2.95. The highest BCUT2D eigenvalue weighted by molar-refractivity contribution is 7.90. The summed E-state index contributed by atoms with van der Waals surface area (Å²) < 4.78 is 26.2. The first-order valence-electron chi connectivity index (χ1n) is 7.04. The van der Waals surface area contributed by atoms with Gasteiger partial charge in [0.25, 0.3) is 15.9 Å². The quantitative estimate of drug-likeness (QED) is 0.813. The first-order chi connectivity index (χ1) is 11.4. The van der Waals surface area contributed by atoms with Crippen molar-refractivity contribution in [1.29, 1.82) is 0 Å². The molecule has 2 N–H and O–H groups in total. The highest BCUT2D eigenvalue weighted by Crippen LogP contribution is 2.14. The van der Waals surface area contributed by atoms with Gasteiger partial charge in [0.1, 0.15) is 0 Å². The van der Waals surface area contributed by atoms with Gasteiger partial charge in [-0.25, -0.2) is 13.1 Å². The Morgan fingerprint density at radius 3 is 2.17 bits per heavy atom. The Hall–Kier alpha value is -2.93. The Kier molecular flexibility index (Phi) is 5.49. The molecule has 2 aromatic rings. The van der Waals surface area contributed by atoms with Crippen LogP contribution in [0.4, 0.5) is 5.69 Å². The fraction of sp³-hybridized carbons (Fsp3) is 0.0588. The first-order valence-corrected chi connectivity index (χ1v) is 8.53. The molecule has 0 bridgehead atoms. The summed E-state index contributed by atoms with van der Waals surface area (Å²) >= 11 is 0. The van der Waals surface area contributed by atoms with Crippen LogP contribution in [0.5, 0.6) is 0 Å². The lowest BCUT2D eigenvalue weighted by atomic mass is 10.2. The molecule has 0 atom stereocenters. The summed E-state index contributed by atoms with van der Waals surface area (Å²) in [5, 5.41) is 2.53. The molecule has 0 aromatic heterocycles. The Morgan fingerprint density at radius 2 is 1.58 bits per heavy atom. The van der Waals surface area contributed by atoms with Crippen LogP contribution in [0, 0.1) is 0 Å². The van der Waals surface area contributed by atoms with Crippen molar-refractivity contribution in [2.45, 2.75) is 11.8 Å². The minimum Gasteiger partial charge on any atom is -0.326 e. The van der Waals surface area contributed by atoms with Gasteiger partial charge in [0.15, 0.2) is 0 Å². The number of rotatable bonds is 5. The van der Waals surface area contributed by atoms with E-state index in [-0.39, 0.29) is 10.8 Å². The van der Waals surface area contributed by atoms with Crippen molar-refractivity contribution < 1.29 is 18.0 Å². The van der Waals surface area contributed by atoms with Crippen LogP contribution in [0.3, 0.4) is 0 Å². The predicted octanol–water partition coefficient (Wildman–Crippen LogP) is 2.16. The normalized spacial score (nSPS) is 11.2. The fourth-order valence-corrected chi connectivity index (χ4v) is 2.83. The molecule has 24 heavy (non-hydrogen) atoms. The Balaban J connectivity index is 2.06. The number of amides is 2. The van der Waals surface area contributed by atoms with E-state index < -0.39 is 15.9 Å². The molecule has 0 unspecified atom stereocenters. The van der Waals surface area contributed by atoms with E-state index in [0.29, 0.717) is 5.69 Å². The molecule has 0 heterocycles. The van der Waals surface area contributed by atoms with Crippen molar-refractivity contribution in [1.82, 2.24) is 4.72 Å². The van der Waals surface area contributed by atoms with Gasteiger partial charge in [-0.15, -0.1) is 0 Å². The Morgan fingerprint density at radius 1 is 0.958 bits per heavy atom. The lowest BCUT2D eigenvalue weighted by molar-refractivity contribution is -0.115. The Bertz CT molecular complexity index is 857. The average molecular weight is 344 g/mol. The molecule has 0 aliphatic heterocycles. The summed E-state index contributed by atoms with van der Waals surface area (Å²) in [6, 6.07) is 14.5. The number of anilines is 1. The van der Waals surface area contributed by atoms with Crippen molar-refractivity contribution >= 4 is 33.6 Å². The van der Waals surface area contributed by atoms with Gasteiger partial charge in [-0.05, 0) is 35.9 Å². The highest BCUT2D eigenvalue weighted by Gasteiger charge is 2.16. The summed E-state index contributed by atoms with van der Waals surface area (Å²) in [4.78, 5) is 22.6. The van der Waals surface area contributed by atoms with E-state index in [2.05, 4.69) is 5.32 Å². The number of hydrogen-bond donors (Lipinski definition) is 2. The van der Waals surface area contributed by atoms with Crippen LogP contribution < -0.4 is 10.0 Å². The summed E-state index contributed by atoms with van der Waals surface area (Å²) in [5.41, 5.74) is 1.25. The maximum atomic E-state index is 12.1. The SMILES string of the molecule is CC(=O)Nc1ccc(S(=O)(=O)NC(=O)/C=C/c2ccccc2)cc1. The molecule has 0 aliphatic carbocycles. The van der Waals surface area contributed by atoms with E-state index in [0.717, 1.165) is 11.6 Å². The van der Waals surface area contributed by atoms with Crippen LogP contribution in [0.15, 0.2) is 65.6 Å². The van der Waals surface area contributed by atoms with Crippen molar-refractivity contribution in [2.24, 2.45) is 0 Å². The lowest BCUT2D eigenvalue weighted by Gasteiger charge is -2.06. The van der Waals surface area contributed by atoms with Crippen LogP contribution in [0.1, 0.15) is 12.5 Å². The summed E-state index contributed by atoms with van der Waals surface area (Å²) in [6.07, 6.45) is 2.67. The summed E-state index contributed by atoms with van der Waals surface area (Å²) in [7, 11) is -3.97. The van der Waals surface area contributed by atoms with Crippen molar-refractivity contribution in [3.8, 4) is 0 Å². The largest absolute Gasteiger partial charge is 0.326 e. The standard InChI is InChI=1S/C17H16N2O4S/c1-13(20)18-15-8-10-16(11-9-15)24(22,23)19-17(21)12-7-14-5-3-2-4-6-14/h2-12H,1H3,(H,18,20)(H,19,21)/b12-7+. The van der Waals surface area contributed by atoms with Crippen LogP contribution in [-0.4, -0.2) is 20.2 Å². The van der Waals surface area contributed by atoms with Crippen LogP contribution >= 0.6 is 0 Å². The van der Waals surface area contributed by atoms with Crippen LogP contribution in [0.25, 0.3) is 6.08 Å². The molecule has 0 saturated heterocycles. The second-order valence-electron chi connectivity index (χ2n) is 4.92. The zero-order chi connectivity index (χ0) is 17.6. The van der Waals surface area contributed by atoms with Crippen molar-refractivity contribution in [3.63, 3.8) is 0 Å². The average Bonchev–Trinajstić information content (AvgIpc) is 2.53. The number of sulfonamides is 1. The monoisotopic (exact) mass is 344 g/mol. The number of benzene rings is 2. The maximum absolute atomic E-state index is 12.1. The molecule has 0 aliphatic rings. The molecule has 7 heteroatoms. The minimum atomic E-state index is -3.97. The smallest absolute Gasteiger partial charge is 0.264 e. The molecular weight excluding hydrogens is 328 g/mol. The van der Waals surface area contributed by atoms with Gasteiger partial charge in [0.05, 0.1) is 4.90 Å². The zero-order valence-electron chi connectivity index (χ0n) is 12.9. The number of carbonyl (C=O) groups is 2. The van der Waals surface area contributed by atoms with E-state index >= 15 is 0 Å². The van der Waals surface area contributed by atoms with E-state index in [1.54, 1.807) is 12.1 Å². The summed E-state index contributed by atoms with van der Waals surface area (Å²) in [5.74, 6) is -1.00. The van der Waals surface area contributed by atoms with Gasteiger partial charge in [-0.3, -0.25) is 9.59 Å². The topological polar surface area (TPSA) is 92.3 Å². The molecule has 0 saturated carbocycles. The number of nitrogens with one attached hydrogen (secondary N) is 2. The van der Waals surface area contributed by atoms with Gasteiger partial charge in [0.2, 0.25) is 5.91 Å². The van der Waals surface area contributed by atoms with E-state index in [1.165, 1.54) is 37.3 Å². The third kappa shape index (κ3) is 5.06. The molecule has 0 fully saturated rings. The maximum Gasteiger partial charge on any atom is 0.264 e. The van der Waals surface area contributed by atoms with Crippen LogP contribution in [0.2, 0.25) is 0 Å². The lowest BCUT2D eigenvalue weighted by Crippen LogP contribution is -2.28. The zero-order valence-corrected chi connectivity index (χ0v) is 13.7. The predicted molar refractivity (Wildman–Crippen MR) is 91.6 cm³/mol.